The summed E-state index contributed by atoms with van der Waals surface area (Å²) in [5.41, 5.74) is 6.09. The van der Waals surface area contributed by atoms with E-state index in [2.05, 4.69) is 46.5 Å². The van der Waals surface area contributed by atoms with Crippen molar-refractivity contribution in [1.82, 2.24) is 10.3 Å². The molecular formula is C20H22N4O. The molecule has 0 bridgehead atoms. The van der Waals surface area contributed by atoms with E-state index in [0.717, 1.165) is 33.8 Å². The topological polar surface area (TPSA) is 48.5 Å². The van der Waals surface area contributed by atoms with Gasteiger partial charge in [0.05, 0.1) is 17.8 Å². The number of rotatable bonds is 2. The number of nitrogens with one attached hydrogen (secondary N) is 1. The largest absolute Gasteiger partial charge is 0.366 e. The fourth-order valence-electron chi connectivity index (χ4n) is 3.67. The Labute approximate surface area is 148 Å². The van der Waals surface area contributed by atoms with Crippen molar-refractivity contribution in [1.29, 1.82) is 0 Å². The van der Waals surface area contributed by atoms with E-state index in [1.165, 1.54) is 0 Å². The van der Waals surface area contributed by atoms with Crippen molar-refractivity contribution in [2.75, 3.05) is 23.5 Å². The number of benzene rings is 1. The Hall–Kier alpha value is -2.82. The average Bonchev–Trinajstić information content (AvgIpc) is 3.15. The maximum absolute atomic E-state index is 12.5. The van der Waals surface area contributed by atoms with Crippen LogP contribution >= 0.6 is 0 Å². The van der Waals surface area contributed by atoms with Crippen molar-refractivity contribution in [3.05, 3.63) is 59.5 Å². The predicted octanol–water partition coefficient (Wildman–Crippen LogP) is 3.01. The van der Waals surface area contributed by atoms with Gasteiger partial charge in [0.25, 0.3) is 0 Å². The first-order valence-corrected chi connectivity index (χ1v) is 8.45. The number of pyridine rings is 1. The molecule has 0 saturated heterocycles. The number of carbonyl (C=O) groups is 1. The SMILES string of the molecule is Cc1cnccc1C1=CN(c2ccc3c(c2)N(C)C(=O)C3(C)C)CN1. The minimum Gasteiger partial charge on any atom is -0.366 e. The molecule has 128 valence electrons. The van der Waals surface area contributed by atoms with Gasteiger partial charge in [0.1, 0.15) is 0 Å². The number of aryl methyl sites for hydroxylation is 1. The molecule has 4 rings (SSSR count). The monoisotopic (exact) mass is 334 g/mol. The van der Waals surface area contributed by atoms with Crippen molar-refractivity contribution < 1.29 is 4.79 Å². The average molecular weight is 334 g/mol. The van der Waals surface area contributed by atoms with Gasteiger partial charge in [-0.25, -0.2) is 0 Å². The Morgan fingerprint density at radius 1 is 1.24 bits per heavy atom. The Bertz CT molecular complexity index is 900. The van der Waals surface area contributed by atoms with Crippen LogP contribution in [0, 0.1) is 6.92 Å². The Morgan fingerprint density at radius 3 is 2.80 bits per heavy atom. The van der Waals surface area contributed by atoms with Crippen LogP contribution < -0.4 is 15.1 Å². The van der Waals surface area contributed by atoms with Gasteiger partial charge in [0, 0.05) is 42.6 Å². The first-order chi connectivity index (χ1) is 11.9. The van der Waals surface area contributed by atoms with Gasteiger partial charge in [0.15, 0.2) is 0 Å². The summed E-state index contributed by atoms with van der Waals surface area (Å²) in [5, 5.41) is 3.44. The molecule has 5 heteroatoms. The van der Waals surface area contributed by atoms with Crippen LogP contribution in [0.4, 0.5) is 11.4 Å². The highest BCUT2D eigenvalue weighted by atomic mass is 16.2. The molecule has 0 atom stereocenters. The number of hydrogen-bond acceptors (Lipinski definition) is 4. The summed E-state index contributed by atoms with van der Waals surface area (Å²) in [6, 6.07) is 8.29. The molecule has 0 spiro atoms. The second-order valence-electron chi connectivity index (χ2n) is 7.23. The maximum Gasteiger partial charge on any atom is 0.236 e. The van der Waals surface area contributed by atoms with E-state index < -0.39 is 5.41 Å². The number of hydrogen-bond donors (Lipinski definition) is 1. The molecule has 1 amide bonds. The van der Waals surface area contributed by atoms with Crippen LogP contribution in [-0.4, -0.2) is 24.6 Å². The number of anilines is 2. The zero-order chi connectivity index (χ0) is 17.8. The molecular weight excluding hydrogens is 312 g/mol. The van der Waals surface area contributed by atoms with E-state index in [-0.39, 0.29) is 5.91 Å². The Balaban J connectivity index is 1.69. The molecule has 0 saturated carbocycles. The minimum atomic E-state index is -0.457. The van der Waals surface area contributed by atoms with Gasteiger partial charge in [-0.2, -0.15) is 0 Å². The first-order valence-electron chi connectivity index (χ1n) is 8.45. The first kappa shape index (κ1) is 15.7. The van der Waals surface area contributed by atoms with E-state index in [1.807, 2.05) is 39.4 Å². The fourth-order valence-corrected chi connectivity index (χ4v) is 3.67. The summed E-state index contributed by atoms with van der Waals surface area (Å²) in [4.78, 5) is 20.6. The summed E-state index contributed by atoms with van der Waals surface area (Å²) < 4.78 is 0. The van der Waals surface area contributed by atoms with Gasteiger partial charge < -0.3 is 15.1 Å². The maximum atomic E-state index is 12.5. The summed E-state index contributed by atoms with van der Waals surface area (Å²) in [6.07, 6.45) is 5.80. The van der Waals surface area contributed by atoms with Crippen LogP contribution in [0.25, 0.3) is 5.70 Å². The van der Waals surface area contributed by atoms with Gasteiger partial charge in [-0.3, -0.25) is 9.78 Å². The lowest BCUT2D eigenvalue weighted by molar-refractivity contribution is -0.121. The molecule has 1 N–H and O–H groups in total. The molecule has 25 heavy (non-hydrogen) atoms. The molecule has 2 aromatic rings. The van der Waals surface area contributed by atoms with Crippen molar-refractivity contribution in [2.24, 2.45) is 0 Å². The highest BCUT2D eigenvalue weighted by Crippen LogP contribution is 2.42. The van der Waals surface area contributed by atoms with Crippen molar-refractivity contribution in [3.8, 4) is 0 Å². The second kappa shape index (κ2) is 5.34. The summed E-state index contributed by atoms with van der Waals surface area (Å²) >= 11 is 0. The fraction of sp³-hybridized carbons (Fsp3) is 0.300. The minimum absolute atomic E-state index is 0.142. The van der Waals surface area contributed by atoms with Crippen LogP contribution in [0.1, 0.15) is 30.5 Å². The zero-order valence-electron chi connectivity index (χ0n) is 15.0. The molecule has 2 aliphatic rings. The third-order valence-electron chi connectivity index (χ3n) is 5.22. The second-order valence-corrected chi connectivity index (χ2v) is 7.23. The number of likely N-dealkylation sites (N-methyl/N-ethyl adjacent to an activating group) is 1. The van der Waals surface area contributed by atoms with Gasteiger partial charge in [-0.15, -0.1) is 0 Å². The van der Waals surface area contributed by atoms with Crippen LogP contribution in [0.3, 0.4) is 0 Å². The van der Waals surface area contributed by atoms with Crippen LogP contribution in [0.15, 0.2) is 42.9 Å². The Morgan fingerprint density at radius 2 is 2.04 bits per heavy atom. The Kier molecular flexibility index (Phi) is 3.35. The van der Waals surface area contributed by atoms with Gasteiger partial charge in [0.2, 0.25) is 5.91 Å². The lowest BCUT2D eigenvalue weighted by Gasteiger charge is -2.18. The molecule has 0 unspecified atom stereocenters. The molecule has 1 aromatic carbocycles. The molecule has 0 fully saturated rings. The van der Waals surface area contributed by atoms with Crippen molar-refractivity contribution in [3.63, 3.8) is 0 Å². The highest BCUT2D eigenvalue weighted by Gasteiger charge is 2.42. The lowest BCUT2D eigenvalue weighted by atomic mass is 9.86. The number of carbonyl (C=O) groups excluding carboxylic acids is 1. The third-order valence-corrected chi connectivity index (χ3v) is 5.22. The van der Waals surface area contributed by atoms with Crippen LogP contribution in [0.2, 0.25) is 0 Å². The summed E-state index contributed by atoms with van der Waals surface area (Å²) in [5.74, 6) is 0.142. The molecule has 3 heterocycles. The lowest BCUT2D eigenvalue weighted by Crippen LogP contribution is -2.33. The standard InChI is InChI=1S/C20H22N4O/c1-13-10-21-8-7-15(13)17-11-24(12-22-17)14-5-6-16-18(9-14)23(4)19(25)20(16,2)3/h5-11,22H,12H2,1-4H3. The van der Waals surface area contributed by atoms with Crippen molar-refractivity contribution in [2.45, 2.75) is 26.2 Å². The highest BCUT2D eigenvalue weighted by molar-refractivity contribution is 6.07. The van der Waals surface area contributed by atoms with E-state index in [4.69, 9.17) is 0 Å². The molecule has 1 aromatic heterocycles. The molecule has 0 radical (unpaired) electrons. The third kappa shape index (κ3) is 2.30. The van der Waals surface area contributed by atoms with E-state index >= 15 is 0 Å². The molecule has 0 aliphatic carbocycles. The molecule has 5 nitrogen and oxygen atoms in total. The van der Waals surface area contributed by atoms with Crippen LogP contribution in [-0.2, 0) is 10.2 Å². The van der Waals surface area contributed by atoms with Gasteiger partial charge in [-0.1, -0.05) is 6.07 Å². The molecule has 2 aliphatic heterocycles. The number of fused-ring (bicyclic) bond motifs is 1. The number of nitrogens with zero attached hydrogens (tertiary/aromatic N) is 3. The van der Waals surface area contributed by atoms with Crippen LogP contribution in [0.5, 0.6) is 0 Å². The summed E-state index contributed by atoms with van der Waals surface area (Å²) in [6.45, 7) is 6.74. The van der Waals surface area contributed by atoms with E-state index in [9.17, 15) is 4.79 Å². The quantitative estimate of drug-likeness (QED) is 0.917. The smallest absolute Gasteiger partial charge is 0.236 e. The number of aromatic nitrogens is 1. The normalized spacial score (nSPS) is 18.2. The van der Waals surface area contributed by atoms with Gasteiger partial charge >= 0.3 is 0 Å². The van der Waals surface area contributed by atoms with Gasteiger partial charge in [-0.05, 0) is 50.1 Å². The van der Waals surface area contributed by atoms with E-state index in [0.29, 0.717) is 6.67 Å². The zero-order valence-corrected chi connectivity index (χ0v) is 15.0. The summed E-state index contributed by atoms with van der Waals surface area (Å²) in [7, 11) is 1.85. The predicted molar refractivity (Wildman–Crippen MR) is 100 cm³/mol. The number of amides is 1. The van der Waals surface area contributed by atoms with Crippen molar-refractivity contribution >= 4 is 23.0 Å². The van der Waals surface area contributed by atoms with E-state index in [1.54, 1.807) is 4.90 Å².